The lowest BCUT2D eigenvalue weighted by Crippen LogP contribution is -2.19. The topological polar surface area (TPSA) is 12.9 Å². The van der Waals surface area contributed by atoms with E-state index in [1.165, 1.54) is 43.2 Å². The van der Waals surface area contributed by atoms with Crippen LogP contribution in [-0.2, 0) is 5.41 Å². The molecule has 0 amide bonds. The fraction of sp³-hybridized carbons (Fsp3) is 0.688. The number of hydrogen-bond donors (Lipinski definition) is 0. The Bertz CT molecular complexity index is 353. The fourth-order valence-corrected chi connectivity index (χ4v) is 2.53. The highest BCUT2D eigenvalue weighted by Gasteiger charge is 2.22. The highest BCUT2D eigenvalue weighted by molar-refractivity contribution is 5.31. The molecule has 0 aliphatic carbocycles. The highest BCUT2D eigenvalue weighted by atomic mass is 14.7. The van der Waals surface area contributed by atoms with Crippen molar-refractivity contribution in [1.29, 1.82) is 0 Å². The Balaban J connectivity index is 2.68. The summed E-state index contributed by atoms with van der Waals surface area (Å²) in [5.74, 6) is 0. The molecule has 0 atom stereocenters. The molecule has 0 saturated heterocycles. The maximum absolute atomic E-state index is 4.45. The van der Waals surface area contributed by atoms with E-state index < -0.39 is 0 Å². The summed E-state index contributed by atoms with van der Waals surface area (Å²) in [4.78, 5) is 4.45. The average Bonchev–Trinajstić information content (AvgIpc) is 2.24. The zero-order chi connectivity index (χ0) is 12.9. The highest BCUT2D eigenvalue weighted by Crippen LogP contribution is 2.31. The van der Waals surface area contributed by atoms with Crippen molar-refractivity contribution < 1.29 is 0 Å². The van der Waals surface area contributed by atoms with Gasteiger partial charge in [0, 0.05) is 11.9 Å². The molecule has 1 aromatic rings. The smallest absolute Gasteiger partial charge is 0.0375 e. The van der Waals surface area contributed by atoms with Gasteiger partial charge in [0.05, 0.1) is 0 Å². The molecule has 0 saturated carbocycles. The van der Waals surface area contributed by atoms with Gasteiger partial charge in [-0.05, 0) is 42.9 Å². The Kier molecular flexibility index (Phi) is 5.17. The van der Waals surface area contributed by atoms with Gasteiger partial charge >= 0.3 is 0 Å². The van der Waals surface area contributed by atoms with E-state index >= 15 is 0 Å². The third kappa shape index (κ3) is 4.14. The molecule has 0 aliphatic rings. The van der Waals surface area contributed by atoms with Crippen LogP contribution in [0.4, 0.5) is 0 Å². The van der Waals surface area contributed by atoms with Crippen LogP contribution < -0.4 is 0 Å². The monoisotopic (exact) mass is 233 g/mol. The third-order valence-electron chi connectivity index (χ3n) is 3.63. The van der Waals surface area contributed by atoms with Gasteiger partial charge in [0.25, 0.3) is 0 Å². The van der Waals surface area contributed by atoms with Crippen LogP contribution in [0.25, 0.3) is 0 Å². The Morgan fingerprint density at radius 1 is 1.12 bits per heavy atom. The molecule has 0 bridgehead atoms. The second-order valence-electron chi connectivity index (χ2n) is 5.84. The zero-order valence-corrected chi connectivity index (χ0v) is 12.1. The van der Waals surface area contributed by atoms with Crippen molar-refractivity contribution >= 4 is 0 Å². The van der Waals surface area contributed by atoms with Crippen LogP contribution >= 0.6 is 0 Å². The van der Waals surface area contributed by atoms with Crippen LogP contribution in [0.3, 0.4) is 0 Å². The van der Waals surface area contributed by atoms with E-state index in [0.717, 1.165) is 5.69 Å². The van der Waals surface area contributed by atoms with Crippen molar-refractivity contribution in [3.8, 4) is 0 Å². The lowest BCUT2D eigenvalue weighted by molar-refractivity contribution is 0.443. The van der Waals surface area contributed by atoms with Gasteiger partial charge in [-0.3, -0.25) is 4.98 Å². The van der Waals surface area contributed by atoms with Crippen LogP contribution in [0.1, 0.15) is 69.7 Å². The maximum atomic E-state index is 4.45. The Morgan fingerprint density at radius 3 is 2.41 bits per heavy atom. The van der Waals surface area contributed by atoms with E-state index in [2.05, 4.69) is 51.9 Å². The van der Waals surface area contributed by atoms with Crippen molar-refractivity contribution in [2.45, 2.75) is 72.1 Å². The van der Waals surface area contributed by atoms with Crippen LogP contribution in [-0.4, -0.2) is 4.98 Å². The van der Waals surface area contributed by atoms with Gasteiger partial charge in [0.15, 0.2) is 0 Å². The number of aryl methyl sites for hydroxylation is 2. The molecular weight excluding hydrogens is 206 g/mol. The molecule has 0 N–H and O–H groups in total. The SMILES string of the molecule is CCCCCCC(C)(C)c1cnc(C)cc1C. The molecule has 0 radical (unpaired) electrons. The first-order valence-corrected chi connectivity index (χ1v) is 6.91. The van der Waals surface area contributed by atoms with Crippen LogP contribution in [0, 0.1) is 13.8 Å². The lowest BCUT2D eigenvalue weighted by Gasteiger charge is -2.27. The summed E-state index contributed by atoms with van der Waals surface area (Å²) < 4.78 is 0. The quantitative estimate of drug-likeness (QED) is 0.634. The van der Waals surface area contributed by atoms with Gasteiger partial charge in [-0.15, -0.1) is 0 Å². The van der Waals surface area contributed by atoms with E-state index in [-0.39, 0.29) is 5.41 Å². The number of aromatic nitrogens is 1. The van der Waals surface area contributed by atoms with Crippen molar-refractivity contribution in [3.63, 3.8) is 0 Å². The molecular formula is C16H27N. The number of rotatable bonds is 6. The molecule has 17 heavy (non-hydrogen) atoms. The molecule has 96 valence electrons. The summed E-state index contributed by atoms with van der Waals surface area (Å²) in [7, 11) is 0. The zero-order valence-electron chi connectivity index (χ0n) is 12.1. The standard InChI is InChI=1S/C16H27N/c1-6-7-8-9-10-16(4,5)15-12-17-14(3)11-13(15)2/h11-12H,6-10H2,1-5H3. The summed E-state index contributed by atoms with van der Waals surface area (Å²) in [6, 6.07) is 2.20. The number of pyridine rings is 1. The molecule has 0 aromatic carbocycles. The lowest BCUT2D eigenvalue weighted by atomic mass is 9.78. The average molecular weight is 233 g/mol. The van der Waals surface area contributed by atoms with Gasteiger partial charge < -0.3 is 0 Å². The van der Waals surface area contributed by atoms with E-state index in [4.69, 9.17) is 0 Å². The Hall–Kier alpha value is -0.850. The first kappa shape index (κ1) is 14.2. The minimum absolute atomic E-state index is 0.262. The van der Waals surface area contributed by atoms with Crippen LogP contribution in [0.5, 0.6) is 0 Å². The third-order valence-corrected chi connectivity index (χ3v) is 3.63. The molecule has 0 fully saturated rings. The van der Waals surface area contributed by atoms with Gasteiger partial charge in [-0.2, -0.15) is 0 Å². The van der Waals surface area contributed by atoms with Crippen molar-refractivity contribution in [1.82, 2.24) is 4.98 Å². The molecule has 1 nitrogen and oxygen atoms in total. The first-order chi connectivity index (χ1) is 7.97. The molecule has 1 rings (SSSR count). The van der Waals surface area contributed by atoms with E-state index in [1.807, 2.05) is 0 Å². The summed E-state index contributed by atoms with van der Waals surface area (Å²) >= 11 is 0. The minimum Gasteiger partial charge on any atom is -0.261 e. The largest absolute Gasteiger partial charge is 0.261 e. The summed E-state index contributed by atoms with van der Waals surface area (Å²) in [5, 5.41) is 0. The molecule has 1 heterocycles. The second kappa shape index (κ2) is 6.18. The molecule has 1 aromatic heterocycles. The van der Waals surface area contributed by atoms with Crippen LogP contribution in [0.15, 0.2) is 12.3 Å². The fourth-order valence-electron chi connectivity index (χ4n) is 2.53. The normalized spacial score (nSPS) is 11.8. The van der Waals surface area contributed by atoms with Gasteiger partial charge in [-0.25, -0.2) is 0 Å². The van der Waals surface area contributed by atoms with Gasteiger partial charge in [0.1, 0.15) is 0 Å². The summed E-state index contributed by atoms with van der Waals surface area (Å²) in [6.45, 7) is 11.2. The van der Waals surface area contributed by atoms with E-state index in [1.54, 1.807) is 0 Å². The summed E-state index contributed by atoms with van der Waals surface area (Å²) in [5.41, 5.74) is 4.18. The number of unbranched alkanes of at least 4 members (excludes halogenated alkanes) is 3. The molecule has 1 heteroatoms. The summed E-state index contributed by atoms with van der Waals surface area (Å²) in [6.07, 6.45) is 8.70. The van der Waals surface area contributed by atoms with Gasteiger partial charge in [0.2, 0.25) is 0 Å². The predicted octanol–water partition coefficient (Wildman–Crippen LogP) is 4.95. The Morgan fingerprint density at radius 2 is 1.82 bits per heavy atom. The van der Waals surface area contributed by atoms with E-state index in [9.17, 15) is 0 Å². The Labute approximate surface area is 107 Å². The van der Waals surface area contributed by atoms with Crippen molar-refractivity contribution in [2.75, 3.05) is 0 Å². The van der Waals surface area contributed by atoms with Crippen molar-refractivity contribution in [2.24, 2.45) is 0 Å². The number of nitrogens with zero attached hydrogens (tertiary/aromatic N) is 1. The van der Waals surface area contributed by atoms with Crippen molar-refractivity contribution in [3.05, 3.63) is 29.1 Å². The number of hydrogen-bond acceptors (Lipinski definition) is 1. The minimum atomic E-state index is 0.262. The van der Waals surface area contributed by atoms with Crippen LogP contribution in [0.2, 0.25) is 0 Å². The predicted molar refractivity (Wildman–Crippen MR) is 75.5 cm³/mol. The molecule has 0 spiro atoms. The molecule has 0 unspecified atom stereocenters. The molecule has 0 aliphatic heterocycles. The van der Waals surface area contributed by atoms with Gasteiger partial charge in [-0.1, -0.05) is 46.5 Å². The van der Waals surface area contributed by atoms with E-state index in [0.29, 0.717) is 0 Å². The first-order valence-electron chi connectivity index (χ1n) is 6.91. The maximum Gasteiger partial charge on any atom is 0.0375 e. The second-order valence-corrected chi connectivity index (χ2v) is 5.84.